The fraction of sp³-hybridized carbons (Fsp3) is 1.00. The van der Waals surface area contributed by atoms with Gasteiger partial charge in [0.2, 0.25) is 0 Å². The quantitative estimate of drug-likeness (QED) is 0.747. The minimum atomic E-state index is 0.712. The molecule has 10 unspecified atom stereocenters. The molecule has 5 aliphatic rings. The molecule has 0 spiro atoms. The van der Waals surface area contributed by atoms with Crippen molar-refractivity contribution in [3.8, 4) is 0 Å². The molecule has 18 heavy (non-hydrogen) atoms. The molecule has 0 bridgehead atoms. The van der Waals surface area contributed by atoms with Gasteiger partial charge in [-0.15, -0.1) is 0 Å². The van der Waals surface area contributed by atoms with Gasteiger partial charge in [-0.25, -0.2) is 0 Å². The Balaban J connectivity index is 1.45. The third kappa shape index (κ3) is 0.924. The van der Waals surface area contributed by atoms with Gasteiger partial charge in [0, 0.05) is 12.1 Å². The molecule has 0 aromatic heterocycles. The Bertz CT molecular complexity index is 404. The van der Waals surface area contributed by atoms with Crippen molar-refractivity contribution in [3.05, 3.63) is 0 Å². The minimum absolute atomic E-state index is 0.712. The van der Waals surface area contributed by atoms with Gasteiger partial charge < -0.3 is 11.1 Å². The summed E-state index contributed by atoms with van der Waals surface area (Å²) in [6, 6.07) is 1.85. The predicted octanol–water partition coefficient (Wildman–Crippen LogP) is 1.85. The highest BCUT2D eigenvalue weighted by Gasteiger charge is 2.82. The van der Waals surface area contributed by atoms with Crippen LogP contribution < -0.4 is 11.1 Å². The summed E-state index contributed by atoms with van der Waals surface area (Å²) in [5.74, 6) is 7.12. The molecule has 0 aromatic rings. The Labute approximate surface area is 110 Å². The van der Waals surface area contributed by atoms with Crippen LogP contribution in [0.4, 0.5) is 0 Å². The largest absolute Gasteiger partial charge is 0.330 e. The highest BCUT2D eigenvalue weighted by molar-refractivity contribution is 5.31. The summed E-state index contributed by atoms with van der Waals surface area (Å²) in [5.41, 5.74) is 6.69. The molecule has 0 aromatic carbocycles. The first-order valence-electron chi connectivity index (χ1n) is 8.21. The van der Waals surface area contributed by atoms with Crippen LogP contribution in [0.15, 0.2) is 0 Å². The molecule has 2 heteroatoms. The van der Waals surface area contributed by atoms with Gasteiger partial charge in [-0.2, -0.15) is 0 Å². The van der Waals surface area contributed by atoms with Crippen molar-refractivity contribution in [2.24, 2.45) is 52.6 Å². The highest BCUT2D eigenvalue weighted by atomic mass is 15.2. The van der Waals surface area contributed by atoms with Crippen molar-refractivity contribution in [1.82, 2.24) is 5.32 Å². The Morgan fingerprint density at radius 2 is 2.06 bits per heavy atom. The van der Waals surface area contributed by atoms with Gasteiger partial charge >= 0.3 is 0 Å². The van der Waals surface area contributed by atoms with Gasteiger partial charge in [0.05, 0.1) is 0 Å². The van der Waals surface area contributed by atoms with Crippen LogP contribution in [0.2, 0.25) is 0 Å². The van der Waals surface area contributed by atoms with Crippen LogP contribution >= 0.6 is 0 Å². The van der Waals surface area contributed by atoms with E-state index < -0.39 is 0 Å². The van der Waals surface area contributed by atoms with Gasteiger partial charge in [-0.05, 0) is 72.6 Å². The Kier molecular flexibility index (Phi) is 1.77. The summed E-state index contributed by atoms with van der Waals surface area (Å²) in [7, 11) is 0. The number of hydrogen-bond donors (Lipinski definition) is 2. The monoisotopic (exact) mass is 246 g/mol. The molecule has 2 nitrogen and oxygen atoms in total. The number of nitrogens with one attached hydrogen (secondary N) is 1. The van der Waals surface area contributed by atoms with E-state index in [1.54, 1.807) is 0 Å². The van der Waals surface area contributed by atoms with Crippen molar-refractivity contribution in [2.45, 2.75) is 45.2 Å². The lowest BCUT2D eigenvalue weighted by molar-refractivity contribution is -0.0142. The van der Waals surface area contributed by atoms with Crippen molar-refractivity contribution in [3.63, 3.8) is 0 Å². The molecule has 1 saturated heterocycles. The van der Waals surface area contributed by atoms with E-state index in [0.717, 1.165) is 60.1 Å². The van der Waals surface area contributed by atoms with Gasteiger partial charge in [0.25, 0.3) is 0 Å². The molecular formula is C16H26N2. The minimum Gasteiger partial charge on any atom is -0.330 e. The summed E-state index contributed by atoms with van der Waals surface area (Å²) < 4.78 is 0. The lowest BCUT2D eigenvalue weighted by Crippen LogP contribution is -2.44. The molecule has 5 fully saturated rings. The Morgan fingerprint density at radius 3 is 2.72 bits per heavy atom. The second-order valence-corrected chi connectivity index (χ2v) is 7.90. The van der Waals surface area contributed by atoms with Gasteiger partial charge in [-0.1, -0.05) is 13.8 Å². The lowest BCUT2D eigenvalue weighted by atomic mass is 9.56. The molecule has 10 atom stereocenters. The third-order valence-corrected chi connectivity index (χ3v) is 7.97. The second-order valence-electron chi connectivity index (χ2n) is 7.90. The van der Waals surface area contributed by atoms with Crippen LogP contribution in [0.25, 0.3) is 0 Å². The highest BCUT2D eigenvalue weighted by Crippen LogP contribution is 2.84. The molecule has 4 saturated carbocycles. The van der Waals surface area contributed by atoms with E-state index in [4.69, 9.17) is 5.73 Å². The summed E-state index contributed by atoms with van der Waals surface area (Å²) in [5, 5.41) is 3.74. The zero-order valence-electron chi connectivity index (χ0n) is 11.6. The fourth-order valence-corrected chi connectivity index (χ4v) is 7.23. The third-order valence-electron chi connectivity index (χ3n) is 7.97. The first-order chi connectivity index (χ1) is 8.75. The predicted molar refractivity (Wildman–Crippen MR) is 71.8 cm³/mol. The molecular weight excluding hydrogens is 220 g/mol. The maximum Gasteiger partial charge on any atom is 0.0258 e. The van der Waals surface area contributed by atoms with Crippen LogP contribution in [-0.2, 0) is 0 Å². The molecule has 1 heterocycles. The smallest absolute Gasteiger partial charge is 0.0258 e. The van der Waals surface area contributed by atoms with Crippen LogP contribution in [0.5, 0.6) is 0 Å². The SMILES string of the molecule is CCC1(C2C3CCC4NC4C32)C(C)C2C(CN)C21. The maximum absolute atomic E-state index is 5.98. The molecule has 1 aliphatic heterocycles. The van der Waals surface area contributed by atoms with Gasteiger partial charge in [0.15, 0.2) is 0 Å². The molecule has 0 amide bonds. The first-order valence-corrected chi connectivity index (χ1v) is 8.21. The van der Waals surface area contributed by atoms with E-state index >= 15 is 0 Å². The number of rotatable bonds is 3. The Morgan fingerprint density at radius 1 is 1.22 bits per heavy atom. The summed E-state index contributed by atoms with van der Waals surface area (Å²) in [6.07, 6.45) is 4.40. The lowest BCUT2D eigenvalue weighted by Gasteiger charge is -2.49. The second kappa shape index (κ2) is 2.98. The number of hydrogen-bond acceptors (Lipinski definition) is 2. The van der Waals surface area contributed by atoms with E-state index in [-0.39, 0.29) is 0 Å². The van der Waals surface area contributed by atoms with Gasteiger partial charge in [-0.3, -0.25) is 0 Å². The molecule has 5 rings (SSSR count). The number of fused-ring (bicyclic) bond motifs is 4. The number of nitrogens with two attached hydrogens (primary N) is 1. The summed E-state index contributed by atoms with van der Waals surface area (Å²) >= 11 is 0. The summed E-state index contributed by atoms with van der Waals surface area (Å²) in [6.45, 7) is 5.96. The van der Waals surface area contributed by atoms with Crippen molar-refractivity contribution >= 4 is 0 Å². The molecule has 100 valence electrons. The normalized spacial score (nSPS) is 70.5. The average molecular weight is 246 g/mol. The zero-order chi connectivity index (χ0) is 12.2. The standard InChI is InChI=1S/C16H26N2/c1-3-16(7(2)11-9(6-17)14(11)16)13-8-4-5-10-15(18-10)12(8)13/h7-15,18H,3-6,17H2,1-2H3. The molecule has 0 radical (unpaired) electrons. The molecule has 4 aliphatic carbocycles. The van der Waals surface area contributed by atoms with Crippen LogP contribution in [-0.4, -0.2) is 18.6 Å². The average Bonchev–Trinajstić information content (AvgIpc) is 3.24. The van der Waals surface area contributed by atoms with Crippen LogP contribution in [0.1, 0.15) is 33.1 Å². The fourth-order valence-electron chi connectivity index (χ4n) is 7.23. The van der Waals surface area contributed by atoms with E-state index in [1.165, 1.54) is 19.3 Å². The zero-order valence-corrected chi connectivity index (χ0v) is 11.6. The van der Waals surface area contributed by atoms with Crippen molar-refractivity contribution < 1.29 is 0 Å². The summed E-state index contributed by atoms with van der Waals surface area (Å²) in [4.78, 5) is 0. The van der Waals surface area contributed by atoms with E-state index in [0.29, 0.717) is 5.41 Å². The van der Waals surface area contributed by atoms with Crippen LogP contribution in [0.3, 0.4) is 0 Å². The van der Waals surface area contributed by atoms with E-state index in [9.17, 15) is 0 Å². The van der Waals surface area contributed by atoms with E-state index in [2.05, 4.69) is 19.2 Å². The van der Waals surface area contributed by atoms with Crippen molar-refractivity contribution in [2.75, 3.05) is 6.54 Å². The molecule has 3 N–H and O–H groups in total. The maximum atomic E-state index is 5.98. The first kappa shape index (κ1) is 10.7. The topological polar surface area (TPSA) is 48.0 Å². The van der Waals surface area contributed by atoms with Gasteiger partial charge in [0.1, 0.15) is 0 Å². The van der Waals surface area contributed by atoms with Crippen molar-refractivity contribution in [1.29, 1.82) is 0 Å². The Hall–Kier alpha value is -0.0800. The van der Waals surface area contributed by atoms with E-state index in [1.807, 2.05) is 0 Å². The van der Waals surface area contributed by atoms with Crippen LogP contribution in [0, 0.1) is 46.8 Å².